The van der Waals surface area contributed by atoms with Crippen molar-refractivity contribution in [1.29, 1.82) is 0 Å². The highest BCUT2D eigenvalue weighted by Gasteiger charge is 2.62. The van der Waals surface area contributed by atoms with Crippen LogP contribution >= 0.6 is 0 Å². The van der Waals surface area contributed by atoms with E-state index < -0.39 is 23.5 Å². The molecule has 3 aliphatic rings. The second-order valence-corrected chi connectivity index (χ2v) is 6.56. The summed E-state index contributed by atoms with van der Waals surface area (Å²) in [5.74, 6) is -2.42. The molecule has 22 heavy (non-hydrogen) atoms. The van der Waals surface area contributed by atoms with E-state index >= 15 is 0 Å². The van der Waals surface area contributed by atoms with Crippen LogP contribution in [0, 0.1) is 11.8 Å². The standard InChI is InChI=1S/C17H19NO4/c1-18-15(19)14(16(20)21)13-10-6-2-3-8-12(10)22-17(18)9-5-4-7-11(13)17/h2-3,6,8,11,13-14H,4-5,7,9H2,1H3,(H,20,21)/p-1/t11-,13+,14-,17-/m1/s1. The Morgan fingerprint density at radius 1 is 1.36 bits per heavy atom. The fourth-order valence-corrected chi connectivity index (χ4v) is 4.69. The molecule has 116 valence electrons. The van der Waals surface area contributed by atoms with Crippen molar-refractivity contribution in [2.75, 3.05) is 7.05 Å². The van der Waals surface area contributed by atoms with Gasteiger partial charge in [0.2, 0.25) is 5.91 Å². The maximum absolute atomic E-state index is 12.7. The molecule has 1 saturated carbocycles. The lowest BCUT2D eigenvalue weighted by atomic mass is 9.61. The molecule has 0 spiro atoms. The molecule has 2 heterocycles. The number of carboxylic acids is 1. The third-order valence-electron chi connectivity index (χ3n) is 5.66. The van der Waals surface area contributed by atoms with Gasteiger partial charge in [0.15, 0.2) is 5.72 Å². The molecule has 4 atom stereocenters. The molecule has 2 aliphatic heterocycles. The molecule has 4 rings (SSSR count). The molecule has 1 amide bonds. The van der Waals surface area contributed by atoms with Gasteiger partial charge in [0.1, 0.15) is 5.75 Å². The lowest BCUT2D eigenvalue weighted by Gasteiger charge is -2.60. The van der Waals surface area contributed by atoms with Crippen LogP contribution in [-0.4, -0.2) is 29.5 Å². The number of nitrogens with zero attached hydrogens (tertiary/aromatic N) is 1. The van der Waals surface area contributed by atoms with Gasteiger partial charge in [-0.3, -0.25) is 4.79 Å². The molecule has 0 radical (unpaired) electrons. The van der Waals surface area contributed by atoms with E-state index in [0.717, 1.165) is 31.2 Å². The number of carbonyl (C=O) groups excluding carboxylic acids is 2. The van der Waals surface area contributed by atoms with Crippen LogP contribution in [0.5, 0.6) is 5.75 Å². The molecule has 5 heteroatoms. The molecule has 0 N–H and O–H groups in total. The molecule has 0 unspecified atom stereocenters. The van der Waals surface area contributed by atoms with Crippen LogP contribution in [0.15, 0.2) is 24.3 Å². The highest BCUT2D eigenvalue weighted by Crippen LogP contribution is 2.57. The number of para-hydroxylation sites is 1. The zero-order valence-electron chi connectivity index (χ0n) is 12.5. The average Bonchev–Trinajstić information content (AvgIpc) is 2.52. The molecule has 0 aromatic heterocycles. The molecule has 2 fully saturated rings. The Morgan fingerprint density at radius 3 is 2.91 bits per heavy atom. The van der Waals surface area contributed by atoms with Gasteiger partial charge in [0.05, 0.1) is 11.9 Å². The molecular weight excluding hydrogens is 282 g/mol. The molecule has 1 aromatic rings. The van der Waals surface area contributed by atoms with E-state index in [-0.39, 0.29) is 11.8 Å². The first-order chi connectivity index (χ1) is 10.6. The van der Waals surface area contributed by atoms with Crippen LogP contribution in [-0.2, 0) is 9.59 Å². The van der Waals surface area contributed by atoms with Gasteiger partial charge in [-0.1, -0.05) is 24.6 Å². The number of likely N-dealkylation sites (tertiary alicyclic amines) is 1. The summed E-state index contributed by atoms with van der Waals surface area (Å²) >= 11 is 0. The van der Waals surface area contributed by atoms with Crippen molar-refractivity contribution in [2.45, 2.75) is 37.3 Å². The first-order valence-corrected chi connectivity index (χ1v) is 7.83. The van der Waals surface area contributed by atoms with Crippen LogP contribution in [0.4, 0.5) is 0 Å². The molecule has 1 saturated heterocycles. The summed E-state index contributed by atoms with van der Waals surface area (Å²) in [4.78, 5) is 25.9. The van der Waals surface area contributed by atoms with Crippen LogP contribution in [0.2, 0.25) is 0 Å². The fourth-order valence-electron chi connectivity index (χ4n) is 4.69. The number of amides is 1. The Hall–Kier alpha value is -2.04. The molecule has 5 nitrogen and oxygen atoms in total. The average molecular weight is 300 g/mol. The number of carbonyl (C=O) groups is 2. The Balaban J connectivity index is 1.96. The second-order valence-electron chi connectivity index (χ2n) is 6.56. The quantitative estimate of drug-likeness (QED) is 0.722. The van der Waals surface area contributed by atoms with Gasteiger partial charge in [-0.05, 0) is 24.5 Å². The Bertz CT molecular complexity index is 658. The summed E-state index contributed by atoms with van der Waals surface area (Å²) in [6.45, 7) is 0. The van der Waals surface area contributed by atoms with Gasteiger partial charge >= 0.3 is 0 Å². The van der Waals surface area contributed by atoms with E-state index in [1.54, 1.807) is 7.05 Å². The van der Waals surface area contributed by atoms with Gasteiger partial charge in [0.25, 0.3) is 0 Å². The maximum Gasteiger partial charge on any atom is 0.234 e. The minimum atomic E-state index is -1.28. The molecule has 1 aliphatic carbocycles. The van der Waals surface area contributed by atoms with E-state index in [4.69, 9.17) is 4.74 Å². The summed E-state index contributed by atoms with van der Waals surface area (Å²) in [5.41, 5.74) is 0.140. The normalized spacial score (nSPS) is 36.1. The maximum atomic E-state index is 12.7. The van der Waals surface area contributed by atoms with Crippen LogP contribution < -0.4 is 9.84 Å². The van der Waals surface area contributed by atoms with Crippen molar-refractivity contribution in [2.24, 2.45) is 11.8 Å². The minimum Gasteiger partial charge on any atom is -0.549 e. The Morgan fingerprint density at radius 2 is 2.14 bits per heavy atom. The zero-order valence-corrected chi connectivity index (χ0v) is 12.5. The van der Waals surface area contributed by atoms with Crippen molar-refractivity contribution in [1.82, 2.24) is 4.90 Å². The van der Waals surface area contributed by atoms with Crippen LogP contribution in [0.3, 0.4) is 0 Å². The highest BCUT2D eigenvalue weighted by molar-refractivity contribution is 5.98. The lowest BCUT2D eigenvalue weighted by molar-refractivity contribution is -0.315. The van der Waals surface area contributed by atoms with E-state index in [9.17, 15) is 14.7 Å². The number of benzene rings is 1. The number of aliphatic carboxylic acids is 1. The molecule has 2 bridgehead atoms. The van der Waals surface area contributed by atoms with Gasteiger partial charge in [0, 0.05) is 25.3 Å². The summed E-state index contributed by atoms with van der Waals surface area (Å²) in [6.07, 6.45) is 3.65. The smallest absolute Gasteiger partial charge is 0.234 e. The van der Waals surface area contributed by atoms with Gasteiger partial charge in [-0.2, -0.15) is 0 Å². The Kier molecular flexibility index (Phi) is 2.77. The zero-order chi connectivity index (χ0) is 15.5. The first kappa shape index (κ1) is 13.6. The van der Waals surface area contributed by atoms with E-state index in [1.807, 2.05) is 24.3 Å². The van der Waals surface area contributed by atoms with Crippen molar-refractivity contribution in [3.8, 4) is 5.75 Å². The third-order valence-corrected chi connectivity index (χ3v) is 5.66. The summed E-state index contributed by atoms with van der Waals surface area (Å²) < 4.78 is 6.30. The number of hydrogen-bond donors (Lipinski definition) is 0. The largest absolute Gasteiger partial charge is 0.549 e. The van der Waals surface area contributed by atoms with Crippen molar-refractivity contribution in [3.05, 3.63) is 29.8 Å². The number of piperidine rings is 1. The van der Waals surface area contributed by atoms with E-state index in [1.165, 1.54) is 4.90 Å². The van der Waals surface area contributed by atoms with Gasteiger partial charge < -0.3 is 19.5 Å². The number of ether oxygens (including phenoxy) is 1. The van der Waals surface area contributed by atoms with Gasteiger partial charge in [-0.15, -0.1) is 0 Å². The topological polar surface area (TPSA) is 69.7 Å². The third kappa shape index (κ3) is 1.54. The lowest BCUT2D eigenvalue weighted by Crippen LogP contribution is -2.70. The summed E-state index contributed by atoms with van der Waals surface area (Å²) in [5, 5.41) is 11.7. The molecule has 1 aromatic carbocycles. The van der Waals surface area contributed by atoms with Crippen molar-refractivity contribution in [3.63, 3.8) is 0 Å². The second kappa shape index (κ2) is 4.48. The van der Waals surface area contributed by atoms with Gasteiger partial charge in [-0.25, -0.2) is 0 Å². The van der Waals surface area contributed by atoms with Crippen LogP contribution in [0.25, 0.3) is 0 Å². The summed E-state index contributed by atoms with van der Waals surface area (Å²) in [7, 11) is 1.67. The Labute approximate surface area is 128 Å². The number of rotatable bonds is 1. The highest BCUT2D eigenvalue weighted by atomic mass is 16.5. The first-order valence-electron chi connectivity index (χ1n) is 7.83. The number of hydrogen-bond acceptors (Lipinski definition) is 4. The van der Waals surface area contributed by atoms with Crippen molar-refractivity contribution < 1.29 is 19.4 Å². The molecular formula is C17H18NO4-. The number of fused-ring (bicyclic) bond motifs is 2. The SMILES string of the molecule is CN1C(=O)[C@H](C(=O)[O-])[C@H]2c3ccccc3O[C@@]13CCCC[C@H]23. The number of carboxylic acid groups (broad SMARTS) is 1. The van der Waals surface area contributed by atoms with E-state index in [0.29, 0.717) is 5.75 Å². The van der Waals surface area contributed by atoms with Crippen LogP contribution in [0.1, 0.15) is 37.2 Å². The van der Waals surface area contributed by atoms with Crippen molar-refractivity contribution >= 4 is 11.9 Å². The summed E-state index contributed by atoms with van der Waals surface area (Å²) in [6, 6.07) is 7.50. The minimum absolute atomic E-state index is 0.0155. The predicted molar refractivity (Wildman–Crippen MR) is 75.8 cm³/mol. The van der Waals surface area contributed by atoms with E-state index in [2.05, 4.69) is 0 Å². The fraction of sp³-hybridized carbons (Fsp3) is 0.529. The predicted octanol–water partition coefficient (Wildman–Crippen LogP) is 0.887. The monoisotopic (exact) mass is 300 g/mol.